The molecule has 0 N–H and O–H groups in total. The van der Waals surface area contributed by atoms with Gasteiger partial charge in [-0.1, -0.05) is 30.3 Å². The van der Waals surface area contributed by atoms with Gasteiger partial charge in [-0.05, 0) is 19.9 Å². The lowest BCUT2D eigenvalue weighted by atomic mass is 10.0. The molecule has 4 heteroatoms. The summed E-state index contributed by atoms with van der Waals surface area (Å²) in [6, 6.07) is 9.59. The summed E-state index contributed by atoms with van der Waals surface area (Å²) in [5.41, 5.74) is 0.397. The van der Waals surface area contributed by atoms with Gasteiger partial charge in [-0.2, -0.15) is 0 Å². The first-order chi connectivity index (χ1) is 9.65. The van der Waals surface area contributed by atoms with Crippen molar-refractivity contribution in [3.8, 4) is 0 Å². The summed E-state index contributed by atoms with van der Waals surface area (Å²) in [4.78, 5) is 26.3. The molecule has 0 spiro atoms. The summed E-state index contributed by atoms with van der Waals surface area (Å²) < 4.78 is 5.42. The molecular weight excluding hydrogens is 254 g/mol. The Morgan fingerprint density at radius 3 is 2.30 bits per heavy atom. The van der Waals surface area contributed by atoms with Gasteiger partial charge < -0.3 is 9.64 Å². The highest BCUT2D eigenvalue weighted by atomic mass is 16.5. The van der Waals surface area contributed by atoms with Crippen LogP contribution in [0, 0.1) is 0 Å². The Bertz CT molecular complexity index is 500. The Hall–Kier alpha value is -1.68. The minimum absolute atomic E-state index is 0.108. The number of Topliss-reactive ketones (excluding diaryl/α,β-unsaturated/α-hetero) is 1. The minimum Gasteiger partial charge on any atom is -0.456 e. The highest BCUT2D eigenvalue weighted by Crippen LogP contribution is 2.35. The van der Waals surface area contributed by atoms with Crippen LogP contribution in [0.4, 0.5) is 0 Å². The molecule has 2 saturated heterocycles. The van der Waals surface area contributed by atoms with Gasteiger partial charge in [0.05, 0.1) is 0 Å². The van der Waals surface area contributed by atoms with Crippen molar-refractivity contribution in [3.05, 3.63) is 35.9 Å². The molecule has 2 aliphatic heterocycles. The van der Waals surface area contributed by atoms with Crippen LogP contribution in [-0.2, 0) is 9.53 Å². The largest absolute Gasteiger partial charge is 0.456 e. The minimum atomic E-state index is -0.717. The molecule has 20 heavy (non-hydrogen) atoms. The van der Waals surface area contributed by atoms with Gasteiger partial charge in [0.15, 0.2) is 0 Å². The molecule has 1 aromatic carbocycles. The van der Waals surface area contributed by atoms with E-state index in [4.69, 9.17) is 4.74 Å². The van der Waals surface area contributed by atoms with Crippen LogP contribution in [0.2, 0.25) is 0 Å². The quantitative estimate of drug-likeness (QED) is 0.480. The summed E-state index contributed by atoms with van der Waals surface area (Å²) in [5, 5.41) is 0. The summed E-state index contributed by atoms with van der Waals surface area (Å²) >= 11 is 0. The van der Waals surface area contributed by atoms with Crippen molar-refractivity contribution in [1.29, 1.82) is 0 Å². The zero-order valence-electron chi connectivity index (χ0n) is 11.6. The summed E-state index contributed by atoms with van der Waals surface area (Å²) in [7, 11) is 2.13. The van der Waals surface area contributed by atoms with Crippen LogP contribution in [0.25, 0.3) is 0 Å². The maximum absolute atomic E-state index is 12.0. The van der Waals surface area contributed by atoms with Crippen LogP contribution < -0.4 is 0 Å². The molecule has 0 radical (unpaired) electrons. The standard InChI is InChI=1S/C16H19NO3/c1-17-12-7-8-13(17)10-14(9-12)20-16(19)15(18)11-5-3-2-4-6-11/h2-6,12-14H,7-10H2,1H3. The van der Waals surface area contributed by atoms with Gasteiger partial charge in [-0.25, -0.2) is 4.79 Å². The molecule has 2 fully saturated rings. The number of fused-ring (bicyclic) bond motifs is 2. The Balaban J connectivity index is 1.61. The van der Waals surface area contributed by atoms with E-state index in [1.165, 1.54) is 12.8 Å². The number of nitrogens with zero attached hydrogens (tertiary/aromatic N) is 1. The maximum Gasteiger partial charge on any atom is 0.379 e. The second kappa shape index (κ2) is 5.37. The van der Waals surface area contributed by atoms with E-state index < -0.39 is 11.8 Å². The fourth-order valence-corrected chi connectivity index (χ4v) is 3.37. The third-order valence-electron chi connectivity index (χ3n) is 4.55. The van der Waals surface area contributed by atoms with E-state index >= 15 is 0 Å². The average Bonchev–Trinajstić information content (AvgIpc) is 2.69. The average molecular weight is 273 g/mol. The number of piperidine rings is 1. The van der Waals surface area contributed by atoms with Crippen molar-refractivity contribution in [3.63, 3.8) is 0 Å². The molecule has 2 atom stereocenters. The molecule has 2 unspecified atom stereocenters. The molecule has 3 rings (SSSR count). The van der Waals surface area contributed by atoms with Crippen LogP contribution in [0.15, 0.2) is 30.3 Å². The molecule has 2 bridgehead atoms. The molecule has 4 nitrogen and oxygen atoms in total. The van der Waals surface area contributed by atoms with E-state index in [1.807, 2.05) is 6.07 Å². The van der Waals surface area contributed by atoms with Crippen molar-refractivity contribution in [2.75, 3.05) is 7.05 Å². The second-order valence-electron chi connectivity index (χ2n) is 5.74. The van der Waals surface area contributed by atoms with E-state index in [0.717, 1.165) is 12.8 Å². The molecule has 2 aliphatic rings. The first-order valence-corrected chi connectivity index (χ1v) is 7.17. The predicted molar refractivity (Wildman–Crippen MR) is 74.5 cm³/mol. The first-order valence-electron chi connectivity index (χ1n) is 7.17. The maximum atomic E-state index is 12.0. The van der Waals surface area contributed by atoms with Gasteiger partial charge in [-0.15, -0.1) is 0 Å². The normalized spacial score (nSPS) is 29.1. The number of hydrogen-bond acceptors (Lipinski definition) is 4. The van der Waals surface area contributed by atoms with Crippen molar-refractivity contribution in [2.24, 2.45) is 0 Å². The fourth-order valence-electron chi connectivity index (χ4n) is 3.37. The number of carbonyl (C=O) groups excluding carboxylic acids is 2. The number of rotatable bonds is 3. The predicted octanol–water partition coefficient (Wildman–Crippen LogP) is 2.04. The highest BCUT2D eigenvalue weighted by Gasteiger charge is 2.40. The van der Waals surface area contributed by atoms with Crippen LogP contribution in [0.5, 0.6) is 0 Å². The second-order valence-corrected chi connectivity index (χ2v) is 5.74. The number of esters is 1. The van der Waals surface area contributed by atoms with Gasteiger partial charge in [-0.3, -0.25) is 4.79 Å². The van der Waals surface area contributed by atoms with E-state index in [-0.39, 0.29) is 6.10 Å². The van der Waals surface area contributed by atoms with E-state index in [2.05, 4.69) is 11.9 Å². The number of benzene rings is 1. The SMILES string of the molecule is CN1C2CCC1CC(OC(=O)C(=O)c1ccccc1)C2. The van der Waals surface area contributed by atoms with Crippen LogP contribution in [-0.4, -0.2) is 41.9 Å². The molecular formula is C16H19NO3. The van der Waals surface area contributed by atoms with Crippen LogP contribution >= 0.6 is 0 Å². The molecule has 1 aromatic rings. The Morgan fingerprint density at radius 1 is 1.10 bits per heavy atom. The molecule has 106 valence electrons. The lowest BCUT2D eigenvalue weighted by Gasteiger charge is -2.35. The zero-order chi connectivity index (χ0) is 14.1. The van der Waals surface area contributed by atoms with Crippen molar-refractivity contribution in [2.45, 2.75) is 43.9 Å². The Kier molecular flexibility index (Phi) is 3.57. The third-order valence-corrected chi connectivity index (χ3v) is 4.55. The lowest BCUT2D eigenvalue weighted by Crippen LogP contribution is -2.44. The summed E-state index contributed by atoms with van der Waals surface area (Å²) in [5.74, 6) is -1.26. The van der Waals surface area contributed by atoms with Gasteiger partial charge >= 0.3 is 5.97 Å². The summed E-state index contributed by atoms with van der Waals surface area (Å²) in [6.45, 7) is 0. The van der Waals surface area contributed by atoms with Crippen LogP contribution in [0.1, 0.15) is 36.0 Å². The fraction of sp³-hybridized carbons (Fsp3) is 0.500. The first kappa shape index (κ1) is 13.3. The molecule has 0 amide bonds. The number of carbonyl (C=O) groups is 2. The Morgan fingerprint density at radius 2 is 1.70 bits per heavy atom. The molecule has 2 heterocycles. The molecule has 0 aliphatic carbocycles. The van der Waals surface area contributed by atoms with E-state index in [9.17, 15) is 9.59 Å². The van der Waals surface area contributed by atoms with Gasteiger partial charge in [0.2, 0.25) is 0 Å². The van der Waals surface area contributed by atoms with E-state index in [1.54, 1.807) is 24.3 Å². The van der Waals surface area contributed by atoms with Crippen molar-refractivity contribution < 1.29 is 14.3 Å². The number of hydrogen-bond donors (Lipinski definition) is 0. The number of ether oxygens (including phenoxy) is 1. The third kappa shape index (κ3) is 2.48. The van der Waals surface area contributed by atoms with Crippen molar-refractivity contribution >= 4 is 11.8 Å². The van der Waals surface area contributed by atoms with Gasteiger partial charge in [0, 0.05) is 30.5 Å². The highest BCUT2D eigenvalue weighted by molar-refractivity contribution is 6.40. The Labute approximate surface area is 118 Å². The van der Waals surface area contributed by atoms with E-state index in [0.29, 0.717) is 17.6 Å². The molecule has 0 aromatic heterocycles. The van der Waals surface area contributed by atoms with Gasteiger partial charge in [0.1, 0.15) is 6.10 Å². The molecule has 0 saturated carbocycles. The van der Waals surface area contributed by atoms with Gasteiger partial charge in [0.25, 0.3) is 5.78 Å². The lowest BCUT2D eigenvalue weighted by molar-refractivity contribution is -0.146. The smallest absolute Gasteiger partial charge is 0.379 e. The topological polar surface area (TPSA) is 46.6 Å². The van der Waals surface area contributed by atoms with Crippen molar-refractivity contribution in [1.82, 2.24) is 4.90 Å². The summed E-state index contributed by atoms with van der Waals surface area (Å²) in [6.07, 6.45) is 3.93. The van der Waals surface area contributed by atoms with Crippen LogP contribution in [0.3, 0.4) is 0 Å². The zero-order valence-corrected chi connectivity index (χ0v) is 11.6. The number of ketones is 1. The monoisotopic (exact) mass is 273 g/mol.